The first-order valence-corrected chi connectivity index (χ1v) is 6.33. The Morgan fingerprint density at radius 2 is 2.19 bits per heavy atom. The van der Waals surface area contributed by atoms with Crippen LogP contribution in [0.2, 0.25) is 0 Å². The van der Waals surface area contributed by atoms with Crippen molar-refractivity contribution >= 4 is 5.69 Å². The van der Waals surface area contributed by atoms with Crippen LogP contribution in [0.25, 0.3) is 0 Å². The van der Waals surface area contributed by atoms with Crippen LogP contribution in [0.4, 0.5) is 18.9 Å². The molecule has 1 aromatic heterocycles. The van der Waals surface area contributed by atoms with Gasteiger partial charge in [0, 0.05) is 12.4 Å². The van der Waals surface area contributed by atoms with Gasteiger partial charge in [0.05, 0.1) is 22.9 Å². The number of alkyl halides is 3. The van der Waals surface area contributed by atoms with E-state index in [1.165, 1.54) is 6.07 Å². The average Bonchev–Trinajstić information content (AvgIpc) is 2.97. The van der Waals surface area contributed by atoms with Crippen molar-refractivity contribution in [1.82, 2.24) is 9.97 Å². The van der Waals surface area contributed by atoms with Gasteiger partial charge in [0.1, 0.15) is 11.9 Å². The van der Waals surface area contributed by atoms with Crippen molar-refractivity contribution in [3.8, 4) is 6.07 Å². The highest BCUT2D eigenvalue weighted by Crippen LogP contribution is 2.32. The maximum absolute atomic E-state index is 12.6. The van der Waals surface area contributed by atoms with E-state index >= 15 is 0 Å². The van der Waals surface area contributed by atoms with Gasteiger partial charge in [0.25, 0.3) is 0 Å². The van der Waals surface area contributed by atoms with Crippen molar-refractivity contribution in [1.29, 1.82) is 5.26 Å². The Balaban J connectivity index is 2.30. The summed E-state index contributed by atoms with van der Waals surface area (Å²) < 4.78 is 37.9. The third kappa shape index (κ3) is 3.34. The Hall–Kier alpha value is -2.49. The van der Waals surface area contributed by atoms with Gasteiger partial charge in [-0.3, -0.25) is 0 Å². The molecule has 0 aliphatic carbocycles. The van der Waals surface area contributed by atoms with Gasteiger partial charge >= 0.3 is 6.18 Å². The first-order valence-electron chi connectivity index (χ1n) is 6.33. The molecule has 0 aliphatic heterocycles. The van der Waals surface area contributed by atoms with Crippen LogP contribution in [0.1, 0.15) is 36.3 Å². The molecule has 0 saturated carbocycles. The van der Waals surface area contributed by atoms with Crippen LogP contribution in [0.15, 0.2) is 30.6 Å². The normalized spacial score (nSPS) is 12.7. The first kappa shape index (κ1) is 14.9. The molecule has 1 atom stereocenters. The average molecular weight is 294 g/mol. The molecule has 0 amide bonds. The largest absolute Gasteiger partial charge is 0.416 e. The van der Waals surface area contributed by atoms with Crippen LogP contribution in [0.3, 0.4) is 0 Å². The fourth-order valence-electron chi connectivity index (χ4n) is 1.96. The molecule has 1 aromatic carbocycles. The Morgan fingerprint density at radius 3 is 2.71 bits per heavy atom. The topological polar surface area (TPSA) is 64.5 Å². The van der Waals surface area contributed by atoms with E-state index in [0.29, 0.717) is 17.9 Å². The number of H-pyrrole nitrogens is 1. The lowest BCUT2D eigenvalue weighted by atomic mass is 10.1. The molecule has 0 spiro atoms. The minimum absolute atomic E-state index is 0.0465. The van der Waals surface area contributed by atoms with E-state index in [0.717, 1.165) is 12.1 Å². The molecule has 21 heavy (non-hydrogen) atoms. The maximum Gasteiger partial charge on any atom is 0.416 e. The lowest BCUT2D eigenvalue weighted by Gasteiger charge is -2.18. The molecule has 0 fully saturated rings. The van der Waals surface area contributed by atoms with Crippen molar-refractivity contribution in [3.63, 3.8) is 0 Å². The first-order chi connectivity index (χ1) is 9.95. The van der Waals surface area contributed by atoms with Gasteiger partial charge < -0.3 is 10.3 Å². The highest BCUT2D eigenvalue weighted by molar-refractivity contribution is 5.59. The van der Waals surface area contributed by atoms with Crippen LogP contribution in [0, 0.1) is 11.3 Å². The highest BCUT2D eigenvalue weighted by Gasteiger charge is 2.31. The van der Waals surface area contributed by atoms with E-state index in [4.69, 9.17) is 5.26 Å². The summed E-state index contributed by atoms with van der Waals surface area (Å²) in [6.45, 7) is 1.91. The Labute approximate surface area is 119 Å². The fraction of sp³-hybridized carbons (Fsp3) is 0.286. The van der Waals surface area contributed by atoms with Crippen molar-refractivity contribution in [2.24, 2.45) is 0 Å². The summed E-state index contributed by atoms with van der Waals surface area (Å²) in [4.78, 5) is 7.06. The number of benzene rings is 1. The minimum atomic E-state index is -4.46. The summed E-state index contributed by atoms with van der Waals surface area (Å²) in [5, 5.41) is 12.1. The number of halogens is 3. The predicted octanol–water partition coefficient (Wildman–Crippen LogP) is 3.86. The lowest BCUT2D eigenvalue weighted by molar-refractivity contribution is -0.137. The van der Waals surface area contributed by atoms with Crippen molar-refractivity contribution in [3.05, 3.63) is 47.5 Å². The number of nitrogens with one attached hydrogen (secondary N) is 2. The van der Waals surface area contributed by atoms with Gasteiger partial charge in [-0.2, -0.15) is 18.4 Å². The number of hydrogen-bond acceptors (Lipinski definition) is 3. The highest BCUT2D eigenvalue weighted by atomic mass is 19.4. The molecule has 2 aromatic rings. The molecule has 2 rings (SSSR count). The van der Waals surface area contributed by atoms with Crippen molar-refractivity contribution in [2.45, 2.75) is 25.6 Å². The van der Waals surface area contributed by atoms with E-state index in [2.05, 4.69) is 15.3 Å². The molecule has 0 radical (unpaired) electrons. The quantitative estimate of drug-likeness (QED) is 0.899. The SMILES string of the molecule is CCC(Nc1ccc(C(F)(F)F)cc1C#N)c1ncc[nH]1. The molecule has 2 N–H and O–H groups in total. The van der Waals surface area contributed by atoms with Crippen molar-refractivity contribution in [2.75, 3.05) is 5.32 Å². The zero-order chi connectivity index (χ0) is 15.5. The van der Waals surface area contributed by atoms with Crippen LogP contribution >= 0.6 is 0 Å². The van der Waals surface area contributed by atoms with Gasteiger partial charge in [0.15, 0.2) is 0 Å². The predicted molar refractivity (Wildman–Crippen MR) is 71.4 cm³/mol. The number of anilines is 1. The lowest BCUT2D eigenvalue weighted by Crippen LogP contribution is -2.13. The van der Waals surface area contributed by atoms with Crippen LogP contribution < -0.4 is 5.32 Å². The second-order valence-corrected chi connectivity index (χ2v) is 4.45. The number of nitriles is 1. The number of hydrogen-bond donors (Lipinski definition) is 2. The monoisotopic (exact) mass is 294 g/mol. The number of aromatic nitrogens is 2. The summed E-state index contributed by atoms with van der Waals surface area (Å²) in [6, 6.07) is 4.66. The summed E-state index contributed by atoms with van der Waals surface area (Å²) in [6.07, 6.45) is -0.538. The van der Waals surface area contributed by atoms with E-state index in [9.17, 15) is 13.2 Å². The molecular formula is C14H13F3N4. The molecule has 7 heteroatoms. The fourth-order valence-corrected chi connectivity index (χ4v) is 1.96. The van der Waals surface area contributed by atoms with E-state index < -0.39 is 11.7 Å². The van der Waals surface area contributed by atoms with Gasteiger partial charge in [-0.25, -0.2) is 4.98 Å². The second-order valence-electron chi connectivity index (χ2n) is 4.45. The molecular weight excluding hydrogens is 281 g/mol. The van der Waals surface area contributed by atoms with Crippen molar-refractivity contribution < 1.29 is 13.2 Å². The molecule has 0 bridgehead atoms. The summed E-state index contributed by atoms with van der Waals surface area (Å²) >= 11 is 0. The molecule has 1 unspecified atom stereocenters. The van der Waals surface area contributed by atoms with E-state index in [-0.39, 0.29) is 11.6 Å². The third-order valence-electron chi connectivity index (χ3n) is 3.05. The second kappa shape index (κ2) is 5.87. The number of imidazole rings is 1. The number of rotatable bonds is 4. The molecule has 1 heterocycles. The summed E-state index contributed by atoms with van der Waals surface area (Å²) in [5.41, 5.74) is -0.528. The Kier molecular flexibility index (Phi) is 4.17. The smallest absolute Gasteiger partial charge is 0.374 e. The van der Waals surface area contributed by atoms with Gasteiger partial charge in [-0.05, 0) is 24.6 Å². The number of nitrogens with zero attached hydrogens (tertiary/aromatic N) is 2. The number of aromatic amines is 1. The van der Waals surface area contributed by atoms with Crippen LogP contribution in [0.5, 0.6) is 0 Å². The standard InChI is InChI=1S/C14H13F3N4/c1-2-11(13-19-5-6-20-13)21-12-4-3-10(14(15,16)17)7-9(12)8-18/h3-7,11,21H,2H2,1H3,(H,19,20). The van der Waals surface area contributed by atoms with E-state index in [1.54, 1.807) is 18.5 Å². The molecule has 4 nitrogen and oxygen atoms in total. The minimum Gasteiger partial charge on any atom is -0.374 e. The van der Waals surface area contributed by atoms with Gasteiger partial charge in [-0.15, -0.1) is 0 Å². The molecule has 0 aliphatic rings. The van der Waals surface area contributed by atoms with Gasteiger partial charge in [-0.1, -0.05) is 6.92 Å². The van der Waals surface area contributed by atoms with E-state index in [1.807, 2.05) is 6.92 Å². The molecule has 110 valence electrons. The zero-order valence-corrected chi connectivity index (χ0v) is 11.2. The summed E-state index contributed by atoms with van der Waals surface area (Å²) in [5.74, 6) is 0.668. The maximum atomic E-state index is 12.6. The van der Waals surface area contributed by atoms with Crippen LogP contribution in [-0.4, -0.2) is 9.97 Å². The Bertz CT molecular complexity index is 641. The van der Waals surface area contributed by atoms with Crippen LogP contribution in [-0.2, 0) is 6.18 Å². The third-order valence-corrected chi connectivity index (χ3v) is 3.05. The zero-order valence-electron chi connectivity index (χ0n) is 11.2. The molecule has 0 saturated heterocycles. The van der Waals surface area contributed by atoms with Gasteiger partial charge in [0.2, 0.25) is 0 Å². The Morgan fingerprint density at radius 1 is 1.43 bits per heavy atom. The summed E-state index contributed by atoms with van der Waals surface area (Å²) in [7, 11) is 0.